The summed E-state index contributed by atoms with van der Waals surface area (Å²) in [4.78, 5) is 24.1. The molecule has 0 fully saturated rings. The minimum atomic E-state index is -0.228. The van der Waals surface area contributed by atoms with Crippen LogP contribution in [0.5, 0.6) is 0 Å². The smallest absolute Gasteiger partial charge is 0.253 e. The highest BCUT2D eigenvalue weighted by molar-refractivity contribution is 5.93. The fourth-order valence-electron chi connectivity index (χ4n) is 2.53. The second-order valence-electron chi connectivity index (χ2n) is 5.79. The van der Waals surface area contributed by atoms with Crippen molar-refractivity contribution < 1.29 is 9.53 Å². The molecule has 0 bridgehead atoms. The van der Waals surface area contributed by atoms with Crippen LogP contribution in [0.1, 0.15) is 15.9 Å². The molecule has 0 aliphatic heterocycles. The largest absolute Gasteiger partial charge is 0.383 e. The van der Waals surface area contributed by atoms with E-state index in [1.54, 1.807) is 19.5 Å². The number of hydrogen-bond acceptors (Lipinski definition) is 4. The highest BCUT2D eigenvalue weighted by Gasteiger charge is 2.08. The van der Waals surface area contributed by atoms with Crippen LogP contribution in [0.15, 0.2) is 59.7 Å². The molecule has 2 aromatic heterocycles. The fraction of sp³-hybridized carbons (Fsp3) is 0.211. The lowest BCUT2D eigenvalue weighted by Crippen LogP contribution is -2.27. The minimum absolute atomic E-state index is 0.159. The maximum atomic E-state index is 12.3. The number of nitrogens with one attached hydrogen (secondary N) is 2. The molecule has 2 heterocycles. The summed E-state index contributed by atoms with van der Waals surface area (Å²) in [5, 5.41) is 9.71. The van der Waals surface area contributed by atoms with Crippen molar-refractivity contribution in [3.63, 3.8) is 0 Å². The number of pyridine rings is 1. The molecule has 0 aliphatic carbocycles. The molecular weight excluding hydrogens is 332 g/mol. The molecule has 0 aliphatic rings. The third-order valence-electron chi connectivity index (χ3n) is 4.00. The van der Waals surface area contributed by atoms with Crippen molar-refractivity contribution in [3.8, 4) is 11.3 Å². The Hall–Kier alpha value is -3.19. The molecule has 7 heteroatoms. The molecule has 0 radical (unpaired) electrons. The molecule has 3 aromatic rings. The molecule has 0 atom stereocenters. The minimum Gasteiger partial charge on any atom is -0.383 e. The first-order chi connectivity index (χ1) is 12.7. The zero-order valence-corrected chi connectivity index (χ0v) is 14.4. The zero-order valence-electron chi connectivity index (χ0n) is 14.4. The summed E-state index contributed by atoms with van der Waals surface area (Å²) in [6.45, 7) is 1.22. The van der Waals surface area contributed by atoms with Gasteiger partial charge in [0.1, 0.15) is 0 Å². The maximum absolute atomic E-state index is 12.3. The number of nitrogens with zero attached hydrogens (tertiary/aromatic N) is 2. The monoisotopic (exact) mass is 352 g/mol. The van der Waals surface area contributed by atoms with Gasteiger partial charge in [0, 0.05) is 38.7 Å². The van der Waals surface area contributed by atoms with Crippen LogP contribution in [-0.4, -0.2) is 34.4 Å². The van der Waals surface area contributed by atoms with Crippen molar-refractivity contribution in [2.75, 3.05) is 13.7 Å². The standard InChI is InChI=1S/C19H20N4O3/c1-26-11-10-23-13-16(6-7-18(23)24)19(25)20-12-14-2-4-15(5-3-14)17-8-9-21-22-17/h2-9,13H,10-12H2,1H3,(H,20,25)(H,21,22). The van der Waals surface area contributed by atoms with Gasteiger partial charge in [-0.1, -0.05) is 24.3 Å². The van der Waals surface area contributed by atoms with Crippen LogP contribution in [-0.2, 0) is 17.8 Å². The summed E-state index contributed by atoms with van der Waals surface area (Å²) in [5.41, 5.74) is 3.23. The van der Waals surface area contributed by atoms with Crippen molar-refractivity contribution in [1.29, 1.82) is 0 Å². The predicted molar refractivity (Wildman–Crippen MR) is 97.8 cm³/mol. The Morgan fingerprint density at radius 2 is 2.00 bits per heavy atom. The van der Waals surface area contributed by atoms with Crippen molar-refractivity contribution >= 4 is 5.91 Å². The number of aromatic amines is 1. The number of hydrogen-bond donors (Lipinski definition) is 2. The van der Waals surface area contributed by atoms with Crippen molar-refractivity contribution in [2.45, 2.75) is 13.1 Å². The highest BCUT2D eigenvalue weighted by atomic mass is 16.5. The van der Waals surface area contributed by atoms with E-state index in [4.69, 9.17) is 4.74 Å². The van der Waals surface area contributed by atoms with E-state index in [9.17, 15) is 9.59 Å². The van der Waals surface area contributed by atoms with Gasteiger partial charge in [-0.25, -0.2) is 0 Å². The summed E-state index contributed by atoms with van der Waals surface area (Å²) in [5.74, 6) is -0.228. The molecule has 0 spiro atoms. The van der Waals surface area contributed by atoms with Gasteiger partial charge < -0.3 is 14.6 Å². The zero-order chi connectivity index (χ0) is 18.4. The Bertz CT molecular complexity index is 915. The number of aromatic nitrogens is 3. The molecule has 0 saturated heterocycles. The molecular formula is C19H20N4O3. The van der Waals surface area contributed by atoms with E-state index in [2.05, 4.69) is 15.5 Å². The van der Waals surface area contributed by atoms with Gasteiger partial charge >= 0.3 is 0 Å². The van der Waals surface area contributed by atoms with Crippen LogP contribution < -0.4 is 10.9 Å². The lowest BCUT2D eigenvalue weighted by molar-refractivity contribution is 0.0949. The van der Waals surface area contributed by atoms with Crippen LogP contribution >= 0.6 is 0 Å². The Labute approximate surface area is 150 Å². The Morgan fingerprint density at radius 3 is 2.69 bits per heavy atom. The van der Waals surface area contributed by atoms with Gasteiger partial charge in [0.2, 0.25) is 0 Å². The quantitative estimate of drug-likeness (QED) is 0.679. The van der Waals surface area contributed by atoms with Gasteiger partial charge in [-0.3, -0.25) is 14.7 Å². The van der Waals surface area contributed by atoms with E-state index >= 15 is 0 Å². The Morgan fingerprint density at radius 1 is 1.19 bits per heavy atom. The normalized spacial score (nSPS) is 10.7. The van der Waals surface area contributed by atoms with E-state index in [-0.39, 0.29) is 11.5 Å². The number of rotatable bonds is 7. The SMILES string of the molecule is COCCn1cc(C(=O)NCc2ccc(-c3ccn[nH]3)cc2)ccc1=O. The lowest BCUT2D eigenvalue weighted by Gasteiger charge is -2.09. The summed E-state index contributed by atoms with van der Waals surface area (Å²) >= 11 is 0. The van der Waals surface area contributed by atoms with Gasteiger partial charge in [0.15, 0.2) is 0 Å². The number of benzene rings is 1. The Kier molecular flexibility index (Phi) is 5.60. The van der Waals surface area contributed by atoms with Crippen molar-refractivity contribution in [1.82, 2.24) is 20.1 Å². The third kappa shape index (κ3) is 4.25. The molecule has 1 amide bonds. The number of carbonyl (C=O) groups is 1. The molecule has 0 saturated carbocycles. The number of ether oxygens (including phenoxy) is 1. The Balaban J connectivity index is 1.62. The molecule has 2 N–H and O–H groups in total. The number of H-pyrrole nitrogens is 1. The van der Waals surface area contributed by atoms with Gasteiger partial charge in [-0.2, -0.15) is 5.10 Å². The number of amides is 1. The molecule has 26 heavy (non-hydrogen) atoms. The summed E-state index contributed by atoms with van der Waals surface area (Å²) in [6.07, 6.45) is 3.26. The van der Waals surface area contributed by atoms with Crippen LogP contribution in [0.3, 0.4) is 0 Å². The first-order valence-electron chi connectivity index (χ1n) is 8.23. The molecule has 7 nitrogen and oxygen atoms in total. The molecule has 1 aromatic carbocycles. The van der Waals surface area contributed by atoms with Gasteiger partial charge in [-0.05, 0) is 23.3 Å². The van der Waals surface area contributed by atoms with E-state index in [0.717, 1.165) is 16.8 Å². The van der Waals surface area contributed by atoms with E-state index < -0.39 is 0 Å². The number of carbonyl (C=O) groups excluding carboxylic acids is 1. The number of methoxy groups -OCH3 is 1. The second-order valence-corrected chi connectivity index (χ2v) is 5.79. The summed E-state index contributed by atoms with van der Waals surface area (Å²) < 4.78 is 6.45. The van der Waals surface area contributed by atoms with E-state index in [1.807, 2.05) is 30.3 Å². The van der Waals surface area contributed by atoms with Crippen LogP contribution in [0.4, 0.5) is 0 Å². The van der Waals surface area contributed by atoms with Gasteiger partial charge in [0.25, 0.3) is 11.5 Å². The molecule has 3 rings (SSSR count). The van der Waals surface area contributed by atoms with Crippen molar-refractivity contribution in [2.24, 2.45) is 0 Å². The van der Waals surface area contributed by atoms with Gasteiger partial charge in [-0.15, -0.1) is 0 Å². The predicted octanol–water partition coefficient (Wildman–Crippen LogP) is 1.81. The van der Waals surface area contributed by atoms with Crippen LogP contribution in [0.25, 0.3) is 11.3 Å². The second kappa shape index (κ2) is 8.26. The average Bonchev–Trinajstić information content (AvgIpc) is 3.20. The molecule has 0 unspecified atom stereocenters. The van der Waals surface area contributed by atoms with E-state index in [0.29, 0.717) is 25.3 Å². The lowest BCUT2D eigenvalue weighted by atomic mass is 10.1. The maximum Gasteiger partial charge on any atom is 0.253 e. The third-order valence-corrected chi connectivity index (χ3v) is 4.00. The summed E-state index contributed by atoms with van der Waals surface area (Å²) in [7, 11) is 1.57. The van der Waals surface area contributed by atoms with E-state index in [1.165, 1.54) is 16.7 Å². The summed E-state index contributed by atoms with van der Waals surface area (Å²) in [6, 6.07) is 12.7. The molecule has 134 valence electrons. The average molecular weight is 352 g/mol. The fourth-order valence-corrected chi connectivity index (χ4v) is 2.53. The van der Waals surface area contributed by atoms with Crippen LogP contribution in [0.2, 0.25) is 0 Å². The first-order valence-corrected chi connectivity index (χ1v) is 8.23. The van der Waals surface area contributed by atoms with Crippen LogP contribution in [0, 0.1) is 0 Å². The highest BCUT2D eigenvalue weighted by Crippen LogP contribution is 2.16. The van der Waals surface area contributed by atoms with Crippen molar-refractivity contribution in [3.05, 3.63) is 76.3 Å². The topological polar surface area (TPSA) is 89.0 Å². The van der Waals surface area contributed by atoms with Gasteiger partial charge in [0.05, 0.1) is 17.9 Å². The first kappa shape index (κ1) is 17.6.